The van der Waals surface area contributed by atoms with Crippen molar-refractivity contribution < 1.29 is 10.0 Å². The van der Waals surface area contributed by atoms with E-state index >= 15 is 0 Å². The summed E-state index contributed by atoms with van der Waals surface area (Å²) in [6.07, 6.45) is 0. The summed E-state index contributed by atoms with van der Waals surface area (Å²) in [5, 5.41) is 23.3. The molecule has 0 amide bonds. The third-order valence-electron chi connectivity index (χ3n) is 2.55. The van der Waals surface area contributed by atoms with Gasteiger partial charge < -0.3 is 10.4 Å². The van der Waals surface area contributed by atoms with Crippen LogP contribution in [0.1, 0.15) is 6.92 Å². The number of nitrogens with zero attached hydrogens (tertiary/aromatic N) is 2. The van der Waals surface area contributed by atoms with E-state index in [1.807, 2.05) is 6.92 Å². The molecule has 2 rings (SSSR count). The molecule has 94 valence electrons. The molecule has 0 aliphatic carbocycles. The number of rotatable bonds is 4. The van der Waals surface area contributed by atoms with Crippen LogP contribution in [0.15, 0.2) is 30.3 Å². The molecule has 0 bridgehead atoms. The van der Waals surface area contributed by atoms with Crippen LogP contribution in [0.3, 0.4) is 0 Å². The molecule has 0 spiro atoms. The second-order valence-corrected chi connectivity index (χ2v) is 4.06. The Morgan fingerprint density at radius 1 is 1.44 bits per heavy atom. The number of pyridine rings is 1. The van der Waals surface area contributed by atoms with Crippen LogP contribution in [-0.4, -0.2) is 27.7 Å². The quantitative estimate of drug-likeness (QED) is 0.636. The Morgan fingerprint density at radius 3 is 2.89 bits per heavy atom. The number of hydrogen-bond acceptors (Lipinski definition) is 5. The topological polar surface area (TPSA) is 88.3 Å². The molecule has 2 N–H and O–H groups in total. The molecule has 1 atom stereocenters. The van der Waals surface area contributed by atoms with Crippen molar-refractivity contribution >= 4 is 22.4 Å². The highest BCUT2D eigenvalue weighted by molar-refractivity contribution is 5.82. The number of non-ortho nitro benzene ring substituents is 1. The summed E-state index contributed by atoms with van der Waals surface area (Å²) in [5.74, 6) is 0.637. The number of aliphatic hydroxyl groups is 1. The lowest BCUT2D eigenvalue weighted by atomic mass is 10.2. The van der Waals surface area contributed by atoms with Crippen LogP contribution in [0.5, 0.6) is 0 Å². The molecule has 0 aliphatic rings. The van der Waals surface area contributed by atoms with E-state index in [0.29, 0.717) is 16.7 Å². The van der Waals surface area contributed by atoms with Gasteiger partial charge in [-0.05, 0) is 25.1 Å². The van der Waals surface area contributed by atoms with Crippen LogP contribution in [0, 0.1) is 10.1 Å². The largest absolute Gasteiger partial charge is 0.394 e. The predicted octanol–water partition coefficient (Wildman–Crippen LogP) is 1.94. The lowest BCUT2D eigenvalue weighted by Crippen LogP contribution is -2.19. The van der Waals surface area contributed by atoms with Crippen molar-refractivity contribution in [3.05, 3.63) is 40.4 Å². The first-order valence-electron chi connectivity index (χ1n) is 5.53. The van der Waals surface area contributed by atoms with Crippen molar-refractivity contribution in [1.82, 2.24) is 4.98 Å². The Bertz CT molecular complexity index is 586. The van der Waals surface area contributed by atoms with E-state index in [4.69, 9.17) is 5.11 Å². The maximum atomic E-state index is 10.6. The van der Waals surface area contributed by atoms with Crippen LogP contribution in [0.2, 0.25) is 0 Å². The number of aromatic nitrogens is 1. The fourth-order valence-corrected chi connectivity index (χ4v) is 1.61. The molecule has 1 aromatic carbocycles. The van der Waals surface area contributed by atoms with Gasteiger partial charge in [-0.2, -0.15) is 0 Å². The predicted molar refractivity (Wildman–Crippen MR) is 68.6 cm³/mol. The number of nitro benzene ring substituents is 1. The maximum absolute atomic E-state index is 10.6. The zero-order chi connectivity index (χ0) is 13.1. The zero-order valence-electron chi connectivity index (χ0n) is 9.83. The summed E-state index contributed by atoms with van der Waals surface area (Å²) < 4.78 is 0. The van der Waals surface area contributed by atoms with Gasteiger partial charge in [0.25, 0.3) is 5.69 Å². The SMILES string of the molecule is CC(CO)Nc1ccc2cc([N+](=O)[O-])ccc2n1. The third-order valence-corrected chi connectivity index (χ3v) is 2.55. The average Bonchev–Trinajstić information content (AvgIpc) is 2.37. The van der Waals surface area contributed by atoms with Gasteiger partial charge in [-0.15, -0.1) is 0 Å². The number of aliphatic hydroxyl groups excluding tert-OH is 1. The van der Waals surface area contributed by atoms with Crippen LogP contribution in [0.4, 0.5) is 11.5 Å². The number of anilines is 1. The molecule has 1 unspecified atom stereocenters. The highest BCUT2D eigenvalue weighted by atomic mass is 16.6. The van der Waals surface area contributed by atoms with Gasteiger partial charge in [-0.3, -0.25) is 10.1 Å². The number of benzene rings is 1. The molecule has 0 fully saturated rings. The van der Waals surface area contributed by atoms with Gasteiger partial charge in [-0.25, -0.2) is 4.98 Å². The summed E-state index contributed by atoms with van der Waals surface area (Å²) in [7, 11) is 0. The minimum atomic E-state index is -0.431. The fraction of sp³-hybridized carbons (Fsp3) is 0.250. The zero-order valence-corrected chi connectivity index (χ0v) is 9.83. The first-order valence-corrected chi connectivity index (χ1v) is 5.53. The Morgan fingerprint density at radius 2 is 2.22 bits per heavy atom. The molecule has 0 radical (unpaired) electrons. The van der Waals surface area contributed by atoms with Gasteiger partial charge in [0.1, 0.15) is 5.82 Å². The van der Waals surface area contributed by atoms with E-state index in [2.05, 4.69) is 10.3 Å². The molecule has 2 aromatic rings. The summed E-state index contributed by atoms with van der Waals surface area (Å²) in [5.41, 5.74) is 0.726. The normalized spacial score (nSPS) is 12.3. The van der Waals surface area contributed by atoms with Gasteiger partial charge in [0.05, 0.1) is 17.0 Å². The summed E-state index contributed by atoms with van der Waals surface area (Å²) in [4.78, 5) is 14.5. The fourth-order valence-electron chi connectivity index (χ4n) is 1.61. The number of hydrogen-bond donors (Lipinski definition) is 2. The molecule has 1 aromatic heterocycles. The number of fused-ring (bicyclic) bond motifs is 1. The first kappa shape index (κ1) is 12.3. The van der Waals surface area contributed by atoms with Crippen LogP contribution in [-0.2, 0) is 0 Å². The van der Waals surface area contributed by atoms with Gasteiger partial charge in [0.15, 0.2) is 0 Å². The van der Waals surface area contributed by atoms with Gasteiger partial charge in [0, 0.05) is 23.6 Å². The minimum absolute atomic E-state index is 0.0139. The van der Waals surface area contributed by atoms with Crippen molar-refractivity contribution in [2.45, 2.75) is 13.0 Å². The Balaban J connectivity index is 2.35. The first-order chi connectivity index (χ1) is 8.60. The second kappa shape index (κ2) is 4.97. The van der Waals surface area contributed by atoms with Crippen molar-refractivity contribution in [3.8, 4) is 0 Å². The molecule has 6 heteroatoms. The van der Waals surface area contributed by atoms with Gasteiger partial charge in [0.2, 0.25) is 0 Å². The van der Waals surface area contributed by atoms with Crippen LogP contribution in [0.25, 0.3) is 10.9 Å². The van der Waals surface area contributed by atoms with Gasteiger partial charge >= 0.3 is 0 Å². The summed E-state index contributed by atoms with van der Waals surface area (Å²) >= 11 is 0. The smallest absolute Gasteiger partial charge is 0.270 e. The van der Waals surface area contributed by atoms with Crippen molar-refractivity contribution in [2.75, 3.05) is 11.9 Å². The van der Waals surface area contributed by atoms with E-state index in [1.54, 1.807) is 18.2 Å². The monoisotopic (exact) mass is 247 g/mol. The molecule has 18 heavy (non-hydrogen) atoms. The van der Waals surface area contributed by atoms with Crippen molar-refractivity contribution in [3.63, 3.8) is 0 Å². The van der Waals surface area contributed by atoms with Gasteiger partial charge in [-0.1, -0.05) is 0 Å². The summed E-state index contributed by atoms with van der Waals surface area (Å²) in [6, 6.07) is 7.94. The second-order valence-electron chi connectivity index (χ2n) is 4.06. The van der Waals surface area contributed by atoms with E-state index in [1.165, 1.54) is 12.1 Å². The number of nitrogens with one attached hydrogen (secondary N) is 1. The average molecular weight is 247 g/mol. The van der Waals surface area contributed by atoms with Crippen LogP contribution >= 0.6 is 0 Å². The van der Waals surface area contributed by atoms with Crippen LogP contribution < -0.4 is 5.32 Å². The van der Waals surface area contributed by atoms with E-state index in [9.17, 15) is 10.1 Å². The minimum Gasteiger partial charge on any atom is -0.394 e. The molecular formula is C12H13N3O3. The van der Waals surface area contributed by atoms with Crippen molar-refractivity contribution in [2.24, 2.45) is 0 Å². The third kappa shape index (κ3) is 2.54. The molecule has 6 nitrogen and oxygen atoms in total. The molecule has 1 heterocycles. The highest BCUT2D eigenvalue weighted by Gasteiger charge is 2.07. The standard InChI is InChI=1S/C12H13N3O3/c1-8(7-16)13-12-5-2-9-6-10(15(17)18)3-4-11(9)14-12/h2-6,8,16H,7H2,1H3,(H,13,14). The van der Waals surface area contributed by atoms with Crippen molar-refractivity contribution in [1.29, 1.82) is 0 Å². The molecule has 0 saturated heterocycles. The summed E-state index contributed by atoms with van der Waals surface area (Å²) in [6.45, 7) is 1.85. The molecular weight excluding hydrogens is 234 g/mol. The van der Waals surface area contributed by atoms with E-state index in [0.717, 1.165) is 0 Å². The maximum Gasteiger partial charge on any atom is 0.270 e. The molecule has 0 aliphatic heterocycles. The Kier molecular flexibility index (Phi) is 3.38. The lowest BCUT2D eigenvalue weighted by molar-refractivity contribution is -0.384. The molecule has 0 saturated carbocycles. The Labute approximate surface area is 103 Å². The lowest BCUT2D eigenvalue weighted by Gasteiger charge is -2.11. The highest BCUT2D eigenvalue weighted by Crippen LogP contribution is 2.21. The number of nitro groups is 1. The Hall–Kier alpha value is -2.21. The van der Waals surface area contributed by atoms with E-state index < -0.39 is 4.92 Å². The van der Waals surface area contributed by atoms with E-state index in [-0.39, 0.29) is 18.3 Å².